The van der Waals surface area contributed by atoms with Crippen molar-refractivity contribution in [3.8, 4) is 0 Å². The van der Waals surface area contributed by atoms with Crippen LogP contribution in [0.3, 0.4) is 0 Å². The van der Waals surface area contributed by atoms with Crippen LogP contribution >= 0.6 is 11.3 Å². The molecule has 1 aliphatic heterocycles. The molecule has 6 nitrogen and oxygen atoms in total. The molecule has 2 rings (SSSR count). The third-order valence-electron chi connectivity index (χ3n) is 1.83. The van der Waals surface area contributed by atoms with E-state index in [4.69, 9.17) is 4.74 Å². The van der Waals surface area contributed by atoms with E-state index in [-0.39, 0.29) is 11.9 Å². The third kappa shape index (κ3) is 2.25. The Morgan fingerprint density at radius 2 is 2.71 bits per heavy atom. The smallest absolute Gasteiger partial charge is 0.245 e. The summed E-state index contributed by atoms with van der Waals surface area (Å²) in [5.41, 5.74) is 1.57. The first-order valence-corrected chi connectivity index (χ1v) is 5.12. The van der Waals surface area contributed by atoms with Crippen LogP contribution in [0.1, 0.15) is 0 Å². The van der Waals surface area contributed by atoms with Crippen LogP contribution in [0, 0.1) is 0 Å². The predicted molar refractivity (Wildman–Crippen MR) is 51.1 cm³/mol. The molecular weight excluding hydrogens is 204 g/mol. The first-order chi connectivity index (χ1) is 6.86. The number of nitrogens with one attached hydrogen (secondary N) is 2. The minimum absolute atomic E-state index is 0.124. The van der Waals surface area contributed by atoms with Gasteiger partial charge in [-0.1, -0.05) is 11.3 Å². The van der Waals surface area contributed by atoms with E-state index >= 15 is 0 Å². The Morgan fingerprint density at radius 1 is 1.79 bits per heavy atom. The van der Waals surface area contributed by atoms with Crippen molar-refractivity contribution in [3.05, 3.63) is 5.51 Å². The number of morpholine rings is 1. The quantitative estimate of drug-likeness (QED) is 0.692. The highest BCUT2D eigenvalue weighted by molar-refractivity contribution is 7.13. The van der Waals surface area contributed by atoms with E-state index in [1.807, 2.05) is 0 Å². The second kappa shape index (κ2) is 4.45. The summed E-state index contributed by atoms with van der Waals surface area (Å²) in [6.07, 6.45) is 0. The van der Waals surface area contributed by atoms with Crippen molar-refractivity contribution < 1.29 is 9.53 Å². The maximum absolute atomic E-state index is 11.6. The molecule has 76 valence electrons. The number of carbonyl (C=O) groups excluding carboxylic acids is 1. The molecular formula is C7H10N4O2S. The molecule has 1 fully saturated rings. The summed E-state index contributed by atoms with van der Waals surface area (Å²) in [6.45, 7) is 1.77. The van der Waals surface area contributed by atoms with Crippen molar-refractivity contribution in [1.82, 2.24) is 15.5 Å². The summed E-state index contributed by atoms with van der Waals surface area (Å²) in [5, 5.41) is 13.6. The van der Waals surface area contributed by atoms with Crippen LogP contribution in [0.5, 0.6) is 0 Å². The van der Waals surface area contributed by atoms with Crippen LogP contribution in [0.4, 0.5) is 5.13 Å². The lowest BCUT2D eigenvalue weighted by molar-refractivity contribution is -0.120. The highest BCUT2D eigenvalue weighted by Crippen LogP contribution is 2.08. The van der Waals surface area contributed by atoms with Crippen molar-refractivity contribution in [3.63, 3.8) is 0 Å². The van der Waals surface area contributed by atoms with Crippen molar-refractivity contribution in [2.75, 3.05) is 25.1 Å². The summed E-state index contributed by atoms with van der Waals surface area (Å²) < 4.78 is 5.17. The van der Waals surface area contributed by atoms with Crippen molar-refractivity contribution in [2.45, 2.75) is 6.04 Å². The number of nitrogens with zero attached hydrogens (tertiary/aromatic N) is 2. The van der Waals surface area contributed by atoms with Crippen LogP contribution in [0.15, 0.2) is 5.51 Å². The number of anilines is 1. The van der Waals surface area contributed by atoms with Gasteiger partial charge in [0.05, 0.1) is 13.2 Å². The first kappa shape index (κ1) is 9.50. The zero-order valence-electron chi connectivity index (χ0n) is 7.40. The van der Waals surface area contributed by atoms with Gasteiger partial charge < -0.3 is 10.1 Å². The SMILES string of the molecule is O=C(Nc1nncs1)[C@H]1COCCN1. The highest BCUT2D eigenvalue weighted by Gasteiger charge is 2.21. The van der Waals surface area contributed by atoms with Crippen LogP contribution in [-0.4, -0.2) is 41.9 Å². The van der Waals surface area contributed by atoms with E-state index in [0.717, 1.165) is 0 Å². The summed E-state index contributed by atoms with van der Waals surface area (Å²) in [5.74, 6) is -0.124. The van der Waals surface area contributed by atoms with Crippen LogP contribution in [-0.2, 0) is 9.53 Å². The van der Waals surface area contributed by atoms with E-state index < -0.39 is 0 Å². The molecule has 0 unspecified atom stereocenters. The zero-order chi connectivity index (χ0) is 9.80. The Hall–Kier alpha value is -1.05. The van der Waals surface area contributed by atoms with Gasteiger partial charge in [-0.15, -0.1) is 10.2 Å². The molecule has 1 aromatic heterocycles. The summed E-state index contributed by atoms with van der Waals surface area (Å²) >= 11 is 1.29. The van der Waals surface area contributed by atoms with Gasteiger partial charge in [-0.3, -0.25) is 10.1 Å². The molecule has 14 heavy (non-hydrogen) atoms. The number of hydrogen-bond donors (Lipinski definition) is 2. The molecule has 1 saturated heterocycles. The average molecular weight is 214 g/mol. The highest BCUT2D eigenvalue weighted by atomic mass is 32.1. The van der Waals surface area contributed by atoms with Gasteiger partial charge in [0.15, 0.2) is 0 Å². The fraction of sp³-hybridized carbons (Fsp3) is 0.571. The molecule has 0 radical (unpaired) electrons. The van der Waals surface area contributed by atoms with E-state index in [9.17, 15) is 4.79 Å². The van der Waals surface area contributed by atoms with Gasteiger partial charge in [0.1, 0.15) is 11.6 Å². The molecule has 1 amide bonds. The van der Waals surface area contributed by atoms with E-state index in [0.29, 0.717) is 24.9 Å². The maximum Gasteiger partial charge on any atom is 0.245 e. The molecule has 0 saturated carbocycles. The predicted octanol–water partition coefficient (Wildman–Crippen LogP) is -0.535. The van der Waals surface area contributed by atoms with Crippen molar-refractivity contribution >= 4 is 22.4 Å². The van der Waals surface area contributed by atoms with Crippen LogP contribution < -0.4 is 10.6 Å². The van der Waals surface area contributed by atoms with Gasteiger partial charge in [0.2, 0.25) is 11.0 Å². The number of aromatic nitrogens is 2. The van der Waals surface area contributed by atoms with Gasteiger partial charge in [-0.2, -0.15) is 0 Å². The molecule has 0 spiro atoms. The van der Waals surface area contributed by atoms with Crippen molar-refractivity contribution in [1.29, 1.82) is 0 Å². The molecule has 2 heterocycles. The molecule has 2 N–H and O–H groups in total. The first-order valence-electron chi connectivity index (χ1n) is 4.24. The fourth-order valence-corrected chi connectivity index (χ4v) is 1.60. The average Bonchev–Trinajstić information content (AvgIpc) is 2.72. The second-order valence-corrected chi connectivity index (χ2v) is 3.65. The summed E-state index contributed by atoms with van der Waals surface area (Å²) in [7, 11) is 0. The normalized spacial score (nSPS) is 21.9. The number of hydrogen-bond acceptors (Lipinski definition) is 6. The monoisotopic (exact) mass is 214 g/mol. The molecule has 1 atom stereocenters. The molecule has 0 aliphatic carbocycles. The lowest BCUT2D eigenvalue weighted by Gasteiger charge is -2.22. The standard InChI is InChI=1S/C7H10N4O2S/c12-6(5-3-13-2-1-8-5)10-7-11-9-4-14-7/h4-5,8H,1-3H2,(H,10,11,12)/t5-/m1/s1. The van der Waals surface area contributed by atoms with Gasteiger partial charge in [-0.25, -0.2) is 0 Å². The Balaban J connectivity index is 1.88. The lowest BCUT2D eigenvalue weighted by atomic mass is 10.2. The van der Waals surface area contributed by atoms with Gasteiger partial charge in [-0.05, 0) is 0 Å². The maximum atomic E-state index is 11.6. The molecule has 1 aromatic rings. The van der Waals surface area contributed by atoms with Crippen molar-refractivity contribution in [2.24, 2.45) is 0 Å². The summed E-state index contributed by atoms with van der Waals surface area (Å²) in [6, 6.07) is -0.285. The van der Waals surface area contributed by atoms with E-state index in [2.05, 4.69) is 20.8 Å². The van der Waals surface area contributed by atoms with Crippen LogP contribution in [0.25, 0.3) is 0 Å². The minimum Gasteiger partial charge on any atom is -0.378 e. The third-order valence-corrected chi connectivity index (χ3v) is 2.43. The topological polar surface area (TPSA) is 76.1 Å². The Kier molecular flexibility index (Phi) is 3.02. The largest absolute Gasteiger partial charge is 0.378 e. The Bertz CT molecular complexity index is 297. The molecule has 0 aromatic carbocycles. The van der Waals surface area contributed by atoms with Gasteiger partial charge in [0.25, 0.3) is 0 Å². The number of carbonyl (C=O) groups is 1. The molecule has 1 aliphatic rings. The lowest BCUT2D eigenvalue weighted by Crippen LogP contribution is -2.48. The van der Waals surface area contributed by atoms with E-state index in [1.165, 1.54) is 11.3 Å². The minimum atomic E-state index is -0.285. The Labute approximate surface area is 84.7 Å². The van der Waals surface area contributed by atoms with E-state index in [1.54, 1.807) is 5.51 Å². The Morgan fingerprint density at radius 3 is 3.36 bits per heavy atom. The van der Waals surface area contributed by atoms with Crippen LogP contribution in [0.2, 0.25) is 0 Å². The molecule has 0 bridgehead atoms. The number of rotatable bonds is 2. The second-order valence-electron chi connectivity index (χ2n) is 2.81. The zero-order valence-corrected chi connectivity index (χ0v) is 8.21. The van der Waals surface area contributed by atoms with Gasteiger partial charge >= 0.3 is 0 Å². The molecule has 7 heteroatoms. The summed E-state index contributed by atoms with van der Waals surface area (Å²) in [4.78, 5) is 11.6. The number of amides is 1. The number of ether oxygens (including phenoxy) is 1. The fourth-order valence-electron chi connectivity index (χ4n) is 1.15. The van der Waals surface area contributed by atoms with Gasteiger partial charge in [0, 0.05) is 6.54 Å².